The van der Waals surface area contributed by atoms with Crippen LogP contribution in [0, 0.1) is 23.7 Å². The van der Waals surface area contributed by atoms with Gasteiger partial charge in [0.1, 0.15) is 48.3 Å². The maximum atomic E-state index is 14.9. The minimum atomic E-state index is -1.15. The van der Waals surface area contributed by atoms with Gasteiger partial charge in [0.15, 0.2) is 0 Å². The summed E-state index contributed by atoms with van der Waals surface area (Å²) in [6.45, 7) is 16.3. The summed E-state index contributed by atoms with van der Waals surface area (Å²) in [6.07, 6.45) is 7.68. The molecule has 440 valence electrons. The van der Waals surface area contributed by atoms with Crippen molar-refractivity contribution >= 4 is 59.1 Å². The van der Waals surface area contributed by atoms with Crippen LogP contribution in [0.25, 0.3) is 0 Å². The fourth-order valence-electron chi connectivity index (χ4n) is 11.7. The fraction of sp³-hybridized carbons (Fsp3) is 0.729. The monoisotopic (exact) mass is 1100 g/mol. The smallest absolute Gasteiger partial charge is 0.246 e. The summed E-state index contributed by atoms with van der Waals surface area (Å²) in [4.78, 5) is 153. The van der Waals surface area contributed by atoms with Crippen LogP contribution in [-0.4, -0.2) is 190 Å². The molecule has 8 atom stereocenters. The van der Waals surface area contributed by atoms with Gasteiger partial charge in [-0.05, 0) is 114 Å². The quantitative estimate of drug-likeness (QED) is 0.237. The summed E-state index contributed by atoms with van der Waals surface area (Å²) in [7, 11) is 3.04. The first-order chi connectivity index (χ1) is 37.4. The molecule has 1 saturated carbocycles. The number of likely N-dealkylation sites (N-methyl/N-ethyl adjacent to an activating group) is 3. The predicted octanol–water partition coefficient (Wildman–Crippen LogP) is 3.64. The minimum Gasteiger partial charge on any atom is -0.343 e. The highest BCUT2D eigenvalue weighted by molar-refractivity contribution is 5.99. The molecule has 0 unspecified atom stereocenters. The molecule has 1 aliphatic carbocycles. The molecule has 1 aromatic rings. The molecule has 20 nitrogen and oxygen atoms in total. The van der Waals surface area contributed by atoms with Crippen LogP contribution in [0.3, 0.4) is 0 Å². The minimum absolute atomic E-state index is 0.0692. The Morgan fingerprint density at radius 1 is 0.519 bits per heavy atom. The van der Waals surface area contributed by atoms with Gasteiger partial charge in [-0.25, -0.2) is 0 Å². The third kappa shape index (κ3) is 17.7. The van der Waals surface area contributed by atoms with Gasteiger partial charge in [0.25, 0.3) is 0 Å². The summed E-state index contributed by atoms with van der Waals surface area (Å²) in [5.74, 6) is -5.20. The van der Waals surface area contributed by atoms with Crippen molar-refractivity contribution in [3.05, 3.63) is 35.9 Å². The van der Waals surface area contributed by atoms with E-state index in [4.69, 9.17) is 0 Å². The molecule has 3 saturated heterocycles. The zero-order valence-corrected chi connectivity index (χ0v) is 49.2. The lowest BCUT2D eigenvalue weighted by Gasteiger charge is -2.36. The highest BCUT2D eigenvalue weighted by Gasteiger charge is 2.44. The van der Waals surface area contributed by atoms with Crippen molar-refractivity contribution in [1.29, 1.82) is 0 Å². The van der Waals surface area contributed by atoms with Crippen molar-refractivity contribution in [1.82, 2.24) is 50.7 Å². The van der Waals surface area contributed by atoms with Gasteiger partial charge in [-0.15, -0.1) is 0 Å². The fourth-order valence-corrected chi connectivity index (χ4v) is 11.7. The van der Waals surface area contributed by atoms with Crippen molar-refractivity contribution in [3.8, 4) is 0 Å². The zero-order chi connectivity index (χ0) is 58.2. The number of benzene rings is 1. The molecule has 20 heteroatoms. The van der Waals surface area contributed by atoms with Gasteiger partial charge in [-0.2, -0.15) is 0 Å². The molecule has 10 amide bonds. The standard InChI is InChI=1S/C59H94N10O10/c1-12-66-35-50(70)62-44(28-27-37(2)3)56(76)68-29-19-25-46(68)58(78)64(10)49(32-39(6)7)53(73)61-41(9)55(75)67(34-43-23-17-14-18-24-43)36-51(71)63-45(33-42-21-15-13-16-22-42)57(77)69-30-20-26-47(69)59(79)65(11)48(31-38(4)5)52(72)60-40(8)54(66)74/h13,15-16,21-22,37-41,43-49H,12,14,17-20,23-36H2,1-11H3,(H,60,72)(H,61,73)(H,62,70)(H,63,71)/t40-,41-,44-,45-,46+,47+,48-,49-/m0/s1. The number of carbonyl (C=O) groups is 10. The SMILES string of the molecule is CCN1CC(=O)N[C@@H](CCC(C)C)C(=O)N2CCC[C@@H]2C(=O)N(C)[C@@H](CC(C)C)C(=O)N[C@@H](C)C(=O)N(CC2CCCCC2)CC(=O)N[C@@H](Cc2ccccc2)C(=O)N2CCC[C@@H]2C(=O)N(C)[C@@H](CC(C)C)C(=O)N[C@@H](C)C1=O. The van der Waals surface area contributed by atoms with Crippen LogP contribution < -0.4 is 21.3 Å². The Morgan fingerprint density at radius 2 is 0.975 bits per heavy atom. The average molecular weight is 1100 g/mol. The number of hydrogen-bond donors (Lipinski definition) is 4. The normalized spacial score (nSPS) is 27.2. The molecule has 4 fully saturated rings. The average Bonchev–Trinajstić information content (AvgIpc) is 4.25. The largest absolute Gasteiger partial charge is 0.343 e. The third-order valence-electron chi connectivity index (χ3n) is 16.2. The maximum absolute atomic E-state index is 14.9. The molecule has 0 aromatic heterocycles. The van der Waals surface area contributed by atoms with Crippen molar-refractivity contribution in [2.24, 2.45) is 23.7 Å². The molecule has 5 rings (SSSR count). The second kappa shape index (κ2) is 29.9. The molecule has 79 heavy (non-hydrogen) atoms. The van der Waals surface area contributed by atoms with Gasteiger partial charge >= 0.3 is 0 Å². The van der Waals surface area contributed by atoms with E-state index >= 15 is 0 Å². The van der Waals surface area contributed by atoms with Crippen LogP contribution in [0.4, 0.5) is 0 Å². The second-order valence-corrected chi connectivity index (χ2v) is 24.0. The van der Waals surface area contributed by atoms with Crippen molar-refractivity contribution in [3.63, 3.8) is 0 Å². The van der Waals surface area contributed by atoms with Gasteiger partial charge in [0.05, 0.1) is 13.1 Å². The van der Waals surface area contributed by atoms with E-state index in [1.165, 1.54) is 50.4 Å². The number of hydrogen-bond acceptors (Lipinski definition) is 10. The molecule has 0 radical (unpaired) electrons. The molecule has 4 N–H and O–H groups in total. The zero-order valence-electron chi connectivity index (χ0n) is 49.2. The van der Waals surface area contributed by atoms with E-state index < -0.39 is 120 Å². The molecule has 3 aliphatic heterocycles. The number of nitrogens with zero attached hydrogens (tertiary/aromatic N) is 6. The van der Waals surface area contributed by atoms with Crippen LogP contribution in [0.2, 0.25) is 0 Å². The van der Waals surface area contributed by atoms with Gasteiger partial charge in [-0.1, -0.05) is 91.1 Å². The Morgan fingerprint density at radius 3 is 1.44 bits per heavy atom. The first kappa shape index (κ1) is 63.7. The van der Waals surface area contributed by atoms with E-state index in [-0.39, 0.29) is 75.5 Å². The molecular weight excluding hydrogens is 1010 g/mol. The first-order valence-corrected chi connectivity index (χ1v) is 29.4. The summed E-state index contributed by atoms with van der Waals surface area (Å²) >= 11 is 0. The van der Waals surface area contributed by atoms with Crippen LogP contribution >= 0.6 is 0 Å². The Hall–Kier alpha value is -6.08. The Balaban J connectivity index is 1.55. The van der Waals surface area contributed by atoms with Gasteiger partial charge in [0, 0.05) is 46.7 Å². The number of rotatable bonds is 12. The number of nitrogens with one attached hydrogen (secondary N) is 4. The van der Waals surface area contributed by atoms with Crippen LogP contribution in [0.1, 0.15) is 151 Å². The summed E-state index contributed by atoms with van der Waals surface area (Å²) in [5.41, 5.74) is 0.751. The molecule has 0 bridgehead atoms. The predicted molar refractivity (Wildman–Crippen MR) is 300 cm³/mol. The summed E-state index contributed by atoms with van der Waals surface area (Å²) < 4.78 is 0. The van der Waals surface area contributed by atoms with Gasteiger partial charge in [0.2, 0.25) is 59.1 Å². The van der Waals surface area contributed by atoms with E-state index in [0.717, 1.165) is 37.7 Å². The third-order valence-corrected chi connectivity index (χ3v) is 16.2. The highest BCUT2D eigenvalue weighted by atomic mass is 16.2. The molecular formula is C59H94N10O10. The van der Waals surface area contributed by atoms with Gasteiger partial charge < -0.3 is 50.7 Å². The second-order valence-electron chi connectivity index (χ2n) is 24.0. The molecule has 1 aromatic carbocycles. The molecule has 3 heterocycles. The van der Waals surface area contributed by atoms with Gasteiger partial charge in [-0.3, -0.25) is 47.9 Å². The topological polar surface area (TPSA) is 238 Å². The highest BCUT2D eigenvalue weighted by Crippen LogP contribution is 2.28. The maximum Gasteiger partial charge on any atom is 0.246 e. The van der Waals surface area contributed by atoms with Crippen LogP contribution in [0.15, 0.2) is 30.3 Å². The Labute approximate surface area is 469 Å². The van der Waals surface area contributed by atoms with E-state index in [0.29, 0.717) is 32.1 Å². The lowest BCUT2D eigenvalue weighted by atomic mass is 9.89. The van der Waals surface area contributed by atoms with E-state index in [1.807, 2.05) is 71.9 Å². The first-order valence-electron chi connectivity index (χ1n) is 29.4. The summed E-state index contributed by atoms with van der Waals surface area (Å²) in [5, 5.41) is 11.5. The van der Waals surface area contributed by atoms with E-state index in [1.54, 1.807) is 13.8 Å². The number of amides is 10. The van der Waals surface area contributed by atoms with E-state index in [9.17, 15) is 47.9 Å². The van der Waals surface area contributed by atoms with Crippen LogP contribution in [0.5, 0.6) is 0 Å². The van der Waals surface area contributed by atoms with Crippen molar-refractivity contribution in [2.45, 2.75) is 201 Å². The Kier molecular flexibility index (Phi) is 24.2. The van der Waals surface area contributed by atoms with E-state index in [2.05, 4.69) is 21.3 Å². The van der Waals surface area contributed by atoms with Crippen molar-refractivity contribution in [2.75, 3.05) is 53.4 Å². The lowest BCUT2D eigenvalue weighted by Crippen LogP contribution is -2.60. The number of fused-ring (bicyclic) bond motifs is 2. The molecule has 4 aliphatic rings. The molecule has 0 spiro atoms. The Bertz CT molecular complexity index is 2290. The summed E-state index contributed by atoms with van der Waals surface area (Å²) in [6, 6.07) is 0.727. The van der Waals surface area contributed by atoms with Crippen LogP contribution in [-0.2, 0) is 54.4 Å². The van der Waals surface area contributed by atoms with Crippen molar-refractivity contribution < 1.29 is 47.9 Å². The number of carbonyl (C=O) groups excluding carboxylic acids is 10. The lowest BCUT2D eigenvalue weighted by molar-refractivity contribution is -0.149.